The second-order valence-electron chi connectivity index (χ2n) is 10.9. The van der Waals surface area contributed by atoms with Gasteiger partial charge in [0.05, 0.1) is 0 Å². The number of alkyl halides is 5. The van der Waals surface area contributed by atoms with E-state index in [4.69, 9.17) is 9.40 Å². The first-order valence-electron chi connectivity index (χ1n) is 12.9. The molecule has 6 rings (SSSR count). The number of aromatic nitrogens is 5. The molecule has 1 aliphatic carbocycles. The van der Waals surface area contributed by atoms with Crippen molar-refractivity contribution in [3.63, 3.8) is 0 Å². The third-order valence-corrected chi connectivity index (χ3v) is 11.4. The fourth-order valence-corrected chi connectivity index (χ4v) is 10.9. The Morgan fingerprint density at radius 3 is 2.59 bits per heavy atom. The van der Waals surface area contributed by atoms with E-state index in [9.17, 15) is 22.0 Å². The number of oxazole rings is 1. The van der Waals surface area contributed by atoms with Gasteiger partial charge in [-0.2, -0.15) is 13.2 Å². The summed E-state index contributed by atoms with van der Waals surface area (Å²) in [6.07, 6.45) is 0.146. The molecule has 13 heteroatoms. The first-order chi connectivity index (χ1) is 19.4. The first-order valence-corrected chi connectivity index (χ1v) is 15.9. The molecule has 41 heavy (non-hydrogen) atoms. The van der Waals surface area contributed by atoms with Gasteiger partial charge >= 0.3 is 230 Å². The fraction of sp³-hybridized carbons (Fsp3) is 0.393. The van der Waals surface area contributed by atoms with E-state index in [0.717, 1.165) is 20.1 Å². The van der Waals surface area contributed by atoms with Gasteiger partial charge in [-0.25, -0.2) is 0 Å². The van der Waals surface area contributed by atoms with Crippen molar-refractivity contribution in [3.8, 4) is 22.8 Å². The number of hydrogen-bond donors (Lipinski definition) is 1. The van der Waals surface area contributed by atoms with Crippen LogP contribution in [0.5, 0.6) is 0 Å². The van der Waals surface area contributed by atoms with Crippen LogP contribution < -0.4 is 26.5 Å². The van der Waals surface area contributed by atoms with Crippen LogP contribution in [0.4, 0.5) is 22.0 Å². The van der Waals surface area contributed by atoms with Gasteiger partial charge in [-0.1, -0.05) is 0 Å². The van der Waals surface area contributed by atoms with Crippen molar-refractivity contribution in [2.45, 2.75) is 44.3 Å². The van der Waals surface area contributed by atoms with Crippen molar-refractivity contribution in [1.29, 1.82) is 0 Å². The predicted octanol–water partition coefficient (Wildman–Crippen LogP) is 2.59. The summed E-state index contributed by atoms with van der Waals surface area (Å²) in [4.78, 5) is 13.7. The standard InChI is InChI=1S/C28H25F5IN6O/c1-14(36-13-28(31,32)33)21-11-41-25(38-21)20-9-35-10-22(37-20)27-12-34-8-16(26(27,2)3)15-7-19(39-40-24(15)27)23-17(29)5-4-6-18(23)30/h4-7,9-11,14,16,36H,8,12-13H2,1-3H3/q-1/t14-,16-,27-/m0/s1. The zero-order chi connectivity index (χ0) is 29.2. The van der Waals surface area contributed by atoms with Gasteiger partial charge in [-0.05, 0) is 0 Å². The molecular weight excluding hydrogens is 658 g/mol. The number of nitrogens with one attached hydrogen (secondary N) is 1. The summed E-state index contributed by atoms with van der Waals surface area (Å²) in [5, 5.41) is 11.3. The molecule has 3 atom stereocenters. The first kappa shape index (κ1) is 28.1. The molecule has 4 aromatic rings. The van der Waals surface area contributed by atoms with E-state index in [1.54, 1.807) is 19.2 Å². The second-order valence-corrected chi connectivity index (χ2v) is 13.6. The third kappa shape index (κ3) is 4.60. The van der Waals surface area contributed by atoms with Crippen LogP contribution in [0.1, 0.15) is 55.4 Å². The Bertz CT molecular complexity index is 1610. The predicted molar refractivity (Wildman–Crippen MR) is 134 cm³/mol. The molecule has 0 unspecified atom stereocenters. The van der Waals surface area contributed by atoms with E-state index in [1.165, 1.54) is 30.7 Å². The molecule has 0 spiro atoms. The average Bonchev–Trinajstić information content (AvgIpc) is 3.42. The van der Waals surface area contributed by atoms with Crippen molar-refractivity contribution in [2.24, 2.45) is 5.41 Å². The number of nitrogens with zero attached hydrogens (tertiary/aromatic N) is 5. The summed E-state index contributed by atoms with van der Waals surface area (Å²) >= 11 is -0.271. The van der Waals surface area contributed by atoms with Gasteiger partial charge in [0, 0.05) is 0 Å². The number of fused-ring (bicyclic) bond motifs is 5. The van der Waals surface area contributed by atoms with Gasteiger partial charge in [0.1, 0.15) is 0 Å². The summed E-state index contributed by atoms with van der Waals surface area (Å²) in [6.45, 7) is 4.71. The molecular formula is C28H25F5IN6O-. The van der Waals surface area contributed by atoms with Crippen molar-refractivity contribution >= 4 is 0 Å². The molecule has 7 nitrogen and oxygen atoms in total. The monoisotopic (exact) mass is 683 g/mol. The quantitative estimate of drug-likeness (QED) is 0.190. The molecule has 3 aromatic heterocycles. The summed E-state index contributed by atoms with van der Waals surface area (Å²) in [7, 11) is 0. The second kappa shape index (κ2) is 10.0. The maximum absolute atomic E-state index is 14.6. The summed E-state index contributed by atoms with van der Waals surface area (Å²) < 4.78 is 74.6. The average molecular weight is 683 g/mol. The van der Waals surface area contributed by atoms with Gasteiger partial charge in [-0.15, -0.1) is 0 Å². The van der Waals surface area contributed by atoms with E-state index in [2.05, 4.69) is 39.3 Å². The molecule has 0 saturated carbocycles. The molecule has 0 radical (unpaired) electrons. The molecule has 216 valence electrons. The molecule has 2 bridgehead atoms. The number of hydrogen-bond acceptors (Lipinski definition) is 7. The Morgan fingerprint density at radius 2 is 1.85 bits per heavy atom. The molecule has 1 saturated heterocycles. The minimum atomic E-state index is -4.35. The van der Waals surface area contributed by atoms with Crippen LogP contribution in [-0.2, 0) is 5.41 Å². The fourth-order valence-electron chi connectivity index (χ4n) is 5.85. The summed E-state index contributed by atoms with van der Waals surface area (Å²) in [5.74, 6) is -1.18. The van der Waals surface area contributed by atoms with E-state index < -0.39 is 35.8 Å². The Morgan fingerprint density at radius 1 is 1.10 bits per heavy atom. The van der Waals surface area contributed by atoms with Crippen molar-refractivity contribution in [1.82, 2.24) is 30.5 Å². The van der Waals surface area contributed by atoms with Gasteiger partial charge in [0.15, 0.2) is 0 Å². The molecule has 1 aliphatic heterocycles. The van der Waals surface area contributed by atoms with Crippen LogP contribution >= 0.6 is 0 Å². The van der Waals surface area contributed by atoms with Crippen LogP contribution in [0.25, 0.3) is 22.8 Å². The van der Waals surface area contributed by atoms with Crippen LogP contribution in [0.15, 0.2) is 47.3 Å². The number of benzene rings is 1. The summed E-state index contributed by atoms with van der Waals surface area (Å²) in [5.41, 5.74) is 1.90. The topological polar surface area (TPSA) is 89.6 Å². The van der Waals surface area contributed by atoms with Gasteiger partial charge in [0.2, 0.25) is 0 Å². The van der Waals surface area contributed by atoms with E-state index in [0.29, 0.717) is 17.1 Å². The normalized spacial score (nSPS) is 22.2. The zero-order valence-electron chi connectivity index (χ0n) is 22.2. The maximum atomic E-state index is 14.6. The van der Waals surface area contributed by atoms with Crippen LogP contribution in [0, 0.1) is 17.0 Å². The number of rotatable bonds is 6. The number of halogens is 6. The van der Waals surface area contributed by atoms with Crippen molar-refractivity contribution in [2.75, 3.05) is 15.4 Å². The zero-order valence-corrected chi connectivity index (χ0v) is 24.4. The Balaban J connectivity index is 1.40. The van der Waals surface area contributed by atoms with Crippen LogP contribution in [0.2, 0.25) is 0 Å². The molecule has 0 amide bonds. The Labute approximate surface area is 242 Å². The molecule has 1 fully saturated rings. The Hall–Kier alpha value is -3.07. The van der Waals surface area contributed by atoms with Crippen LogP contribution in [-0.4, -0.2) is 46.7 Å². The Kier molecular flexibility index (Phi) is 6.87. The van der Waals surface area contributed by atoms with Crippen LogP contribution in [0.3, 0.4) is 0 Å². The van der Waals surface area contributed by atoms with Crippen molar-refractivity contribution < 1.29 is 47.6 Å². The third-order valence-electron chi connectivity index (χ3n) is 8.22. The minimum absolute atomic E-state index is 0.0856. The van der Waals surface area contributed by atoms with E-state index in [1.807, 2.05) is 0 Å². The molecule has 1 aromatic carbocycles. The van der Waals surface area contributed by atoms with Gasteiger partial charge < -0.3 is 0 Å². The van der Waals surface area contributed by atoms with E-state index in [-0.39, 0.29) is 49.7 Å². The van der Waals surface area contributed by atoms with Crippen molar-refractivity contribution in [3.05, 3.63) is 77.2 Å². The molecule has 2 aliphatic rings. The van der Waals surface area contributed by atoms with Gasteiger partial charge in [0.25, 0.3) is 0 Å². The SMILES string of the molecule is C[C@H](NCC(F)(F)F)c1coc(-c2cncc([C@@]34C[I-]C[C@@H](c5cc(-c6c(F)cccc6F)nnc53)C4(C)C)n2)n1. The molecule has 1 N–H and O–H groups in total. The van der Waals surface area contributed by atoms with E-state index >= 15 is 0 Å². The molecule has 4 heterocycles. The van der Waals surface area contributed by atoms with Gasteiger partial charge in [-0.3, -0.25) is 0 Å². The summed E-state index contributed by atoms with van der Waals surface area (Å²) in [6, 6.07) is 4.78.